The van der Waals surface area contributed by atoms with Crippen molar-refractivity contribution in [1.82, 2.24) is 0 Å². The van der Waals surface area contributed by atoms with Gasteiger partial charge in [0.2, 0.25) is 0 Å². The molecule has 1 amide bonds. The van der Waals surface area contributed by atoms with Crippen LogP contribution >= 0.6 is 0 Å². The van der Waals surface area contributed by atoms with Gasteiger partial charge < -0.3 is 5.32 Å². The number of benzene rings is 3. The summed E-state index contributed by atoms with van der Waals surface area (Å²) in [6.07, 6.45) is 2.08. The third kappa shape index (κ3) is 5.18. The molecule has 29 heavy (non-hydrogen) atoms. The summed E-state index contributed by atoms with van der Waals surface area (Å²) in [6.45, 7) is 3.89. The standard InChI is InChI=1S/C25H21FN2O/c1-17-10-11-24(18(2)12-17)28-25(29)22(16-27)15-21-8-4-3-7-20(21)13-19-6-5-9-23(26)14-19/h3-12,14-15H,13H2,1-2H3,(H,28,29)/b22-15+. The lowest BCUT2D eigenvalue weighted by atomic mass is 9.98. The van der Waals surface area contributed by atoms with Crippen molar-refractivity contribution in [1.29, 1.82) is 5.26 Å². The van der Waals surface area contributed by atoms with Gasteiger partial charge >= 0.3 is 0 Å². The molecule has 3 aromatic rings. The maximum atomic E-state index is 13.5. The number of nitrogens with one attached hydrogen (secondary N) is 1. The van der Waals surface area contributed by atoms with Crippen LogP contribution in [0.3, 0.4) is 0 Å². The number of hydrogen-bond acceptors (Lipinski definition) is 2. The molecule has 0 aromatic heterocycles. The van der Waals surface area contributed by atoms with Gasteiger partial charge in [0.25, 0.3) is 5.91 Å². The van der Waals surface area contributed by atoms with Gasteiger partial charge in [-0.3, -0.25) is 4.79 Å². The Kier molecular flexibility index (Phi) is 6.21. The van der Waals surface area contributed by atoms with E-state index < -0.39 is 5.91 Å². The topological polar surface area (TPSA) is 52.9 Å². The number of nitrogens with zero attached hydrogens (tertiary/aromatic N) is 1. The smallest absolute Gasteiger partial charge is 0.266 e. The number of rotatable bonds is 5. The second-order valence-corrected chi connectivity index (χ2v) is 6.95. The Morgan fingerprint density at radius 1 is 1.07 bits per heavy atom. The fourth-order valence-electron chi connectivity index (χ4n) is 3.15. The van der Waals surface area contributed by atoms with Gasteiger partial charge in [0.1, 0.15) is 17.5 Å². The Hall–Kier alpha value is -3.71. The molecule has 0 saturated heterocycles. The first-order chi connectivity index (χ1) is 14.0. The molecule has 1 N–H and O–H groups in total. The molecule has 0 aliphatic carbocycles. The van der Waals surface area contributed by atoms with E-state index in [-0.39, 0.29) is 11.4 Å². The second-order valence-electron chi connectivity index (χ2n) is 6.95. The summed E-state index contributed by atoms with van der Waals surface area (Å²) in [5, 5.41) is 12.3. The average molecular weight is 384 g/mol. The maximum absolute atomic E-state index is 13.5. The lowest BCUT2D eigenvalue weighted by Gasteiger charge is -2.10. The van der Waals surface area contributed by atoms with E-state index in [1.165, 1.54) is 12.1 Å². The minimum atomic E-state index is -0.458. The molecule has 3 aromatic carbocycles. The van der Waals surface area contributed by atoms with Crippen LogP contribution in [0.2, 0.25) is 0 Å². The highest BCUT2D eigenvalue weighted by atomic mass is 19.1. The average Bonchev–Trinajstić information content (AvgIpc) is 2.69. The van der Waals surface area contributed by atoms with Gasteiger partial charge in [0.05, 0.1) is 0 Å². The molecule has 0 bridgehead atoms. The third-order valence-electron chi connectivity index (χ3n) is 4.63. The predicted molar refractivity (Wildman–Crippen MR) is 114 cm³/mol. The minimum absolute atomic E-state index is 0.0108. The van der Waals surface area contributed by atoms with Gasteiger partial charge in [0, 0.05) is 5.69 Å². The molecule has 0 unspecified atom stereocenters. The predicted octanol–water partition coefficient (Wildman–Crippen LogP) is 5.58. The summed E-state index contributed by atoms with van der Waals surface area (Å²) in [6, 6.07) is 21.6. The molecule has 0 radical (unpaired) electrons. The first-order valence-corrected chi connectivity index (χ1v) is 9.29. The summed E-state index contributed by atoms with van der Waals surface area (Å²) in [7, 11) is 0. The Labute approximate surface area is 170 Å². The van der Waals surface area contributed by atoms with Gasteiger partial charge in [-0.25, -0.2) is 4.39 Å². The van der Waals surface area contributed by atoms with Gasteiger partial charge in [0.15, 0.2) is 0 Å². The van der Waals surface area contributed by atoms with E-state index in [0.717, 1.165) is 27.8 Å². The van der Waals surface area contributed by atoms with Crippen LogP contribution < -0.4 is 5.32 Å². The first-order valence-electron chi connectivity index (χ1n) is 9.29. The zero-order valence-corrected chi connectivity index (χ0v) is 16.4. The van der Waals surface area contributed by atoms with Crippen LogP contribution in [0.5, 0.6) is 0 Å². The Morgan fingerprint density at radius 2 is 1.86 bits per heavy atom. The van der Waals surface area contributed by atoms with Crippen molar-refractivity contribution in [2.45, 2.75) is 20.3 Å². The number of amides is 1. The Morgan fingerprint density at radius 3 is 2.59 bits per heavy atom. The lowest BCUT2D eigenvalue weighted by molar-refractivity contribution is -0.112. The van der Waals surface area contributed by atoms with Crippen LogP contribution in [0.4, 0.5) is 10.1 Å². The fraction of sp³-hybridized carbons (Fsp3) is 0.120. The number of aryl methyl sites for hydroxylation is 2. The number of halogens is 1. The van der Waals surface area contributed by atoms with Gasteiger partial charge in [-0.15, -0.1) is 0 Å². The Balaban J connectivity index is 1.87. The number of carbonyl (C=O) groups is 1. The normalized spacial score (nSPS) is 11.0. The number of hydrogen-bond donors (Lipinski definition) is 1. The van der Waals surface area contributed by atoms with Crippen molar-refractivity contribution in [3.05, 3.63) is 106 Å². The van der Waals surface area contributed by atoms with Crippen molar-refractivity contribution in [3.8, 4) is 6.07 Å². The largest absolute Gasteiger partial charge is 0.321 e. The SMILES string of the molecule is Cc1ccc(NC(=O)/C(C#N)=C/c2ccccc2Cc2cccc(F)c2)c(C)c1. The highest BCUT2D eigenvalue weighted by Gasteiger charge is 2.12. The molecule has 0 atom stereocenters. The van der Waals surface area contributed by atoms with Gasteiger partial charge in [-0.1, -0.05) is 54.1 Å². The quantitative estimate of drug-likeness (QED) is 0.461. The van der Waals surface area contributed by atoms with Crippen LogP contribution in [0.15, 0.2) is 72.3 Å². The molecule has 0 saturated carbocycles. The van der Waals surface area contributed by atoms with E-state index in [9.17, 15) is 14.4 Å². The summed E-state index contributed by atoms with van der Waals surface area (Å²) in [5.74, 6) is -0.749. The molecule has 3 nitrogen and oxygen atoms in total. The number of carbonyl (C=O) groups excluding carboxylic acids is 1. The summed E-state index contributed by atoms with van der Waals surface area (Å²) >= 11 is 0. The fourth-order valence-corrected chi connectivity index (χ4v) is 3.15. The third-order valence-corrected chi connectivity index (χ3v) is 4.63. The highest BCUT2D eigenvalue weighted by molar-refractivity contribution is 6.10. The van der Waals surface area contributed by atoms with Crippen LogP contribution in [-0.2, 0) is 11.2 Å². The lowest BCUT2D eigenvalue weighted by Crippen LogP contribution is -2.14. The van der Waals surface area contributed by atoms with E-state index in [0.29, 0.717) is 12.1 Å². The summed E-state index contributed by atoms with van der Waals surface area (Å²) in [5.41, 5.74) is 5.20. The molecular formula is C25H21FN2O. The molecule has 144 valence electrons. The molecule has 0 aliphatic heterocycles. The number of nitriles is 1. The molecule has 0 heterocycles. The van der Waals surface area contributed by atoms with Crippen molar-refractivity contribution < 1.29 is 9.18 Å². The number of anilines is 1. The van der Waals surface area contributed by atoms with Crippen molar-refractivity contribution in [2.75, 3.05) is 5.32 Å². The second kappa shape index (κ2) is 8.99. The molecule has 3 rings (SSSR count). The summed E-state index contributed by atoms with van der Waals surface area (Å²) < 4.78 is 13.5. The minimum Gasteiger partial charge on any atom is -0.321 e. The molecule has 4 heteroatoms. The molecule has 0 aliphatic rings. The van der Waals surface area contributed by atoms with Gasteiger partial charge in [-0.2, -0.15) is 5.26 Å². The van der Waals surface area contributed by atoms with E-state index in [4.69, 9.17) is 0 Å². The monoisotopic (exact) mass is 384 g/mol. The van der Waals surface area contributed by atoms with Crippen LogP contribution in [0.1, 0.15) is 27.8 Å². The van der Waals surface area contributed by atoms with Crippen LogP contribution in [-0.4, -0.2) is 5.91 Å². The summed E-state index contributed by atoms with van der Waals surface area (Å²) in [4.78, 5) is 12.6. The Bertz CT molecular complexity index is 1130. The van der Waals surface area contributed by atoms with Crippen molar-refractivity contribution in [2.24, 2.45) is 0 Å². The molecule has 0 fully saturated rings. The van der Waals surface area contributed by atoms with Crippen LogP contribution in [0.25, 0.3) is 6.08 Å². The zero-order chi connectivity index (χ0) is 20.8. The van der Waals surface area contributed by atoms with E-state index in [2.05, 4.69) is 5.32 Å². The first kappa shape index (κ1) is 20.0. The van der Waals surface area contributed by atoms with Crippen molar-refractivity contribution >= 4 is 17.7 Å². The van der Waals surface area contributed by atoms with E-state index in [1.54, 1.807) is 12.1 Å². The van der Waals surface area contributed by atoms with Gasteiger partial charge in [-0.05, 0) is 66.8 Å². The molecule has 0 spiro atoms. The van der Waals surface area contributed by atoms with Crippen molar-refractivity contribution in [3.63, 3.8) is 0 Å². The highest BCUT2D eigenvalue weighted by Crippen LogP contribution is 2.20. The van der Waals surface area contributed by atoms with E-state index in [1.807, 2.05) is 68.4 Å². The van der Waals surface area contributed by atoms with E-state index >= 15 is 0 Å². The van der Waals surface area contributed by atoms with Crippen LogP contribution in [0, 0.1) is 31.0 Å². The molecular weight excluding hydrogens is 363 g/mol. The maximum Gasteiger partial charge on any atom is 0.266 e. The zero-order valence-electron chi connectivity index (χ0n) is 16.4.